The molecular formula is C11H11BrClNOS. The van der Waals surface area contributed by atoms with Gasteiger partial charge >= 0.3 is 4.87 Å². The summed E-state index contributed by atoms with van der Waals surface area (Å²) in [6.07, 6.45) is 0.877. The van der Waals surface area contributed by atoms with Crippen LogP contribution in [0.4, 0.5) is 0 Å². The van der Waals surface area contributed by atoms with Crippen molar-refractivity contribution in [2.75, 3.05) is 5.88 Å². The van der Waals surface area contributed by atoms with Crippen molar-refractivity contribution in [3.63, 3.8) is 0 Å². The van der Waals surface area contributed by atoms with Crippen molar-refractivity contribution in [3.05, 3.63) is 44.9 Å². The highest BCUT2D eigenvalue weighted by Crippen LogP contribution is 2.17. The Labute approximate surface area is 113 Å². The summed E-state index contributed by atoms with van der Waals surface area (Å²) >= 11 is 6.83. The molecule has 0 fully saturated rings. The average Bonchev–Trinajstić information content (AvgIpc) is 2.67. The fourth-order valence-electron chi connectivity index (χ4n) is 1.38. The predicted octanol–water partition coefficient (Wildman–Crippen LogP) is 3.46. The number of hydrogen-bond donors (Lipinski definition) is 1. The second-order valence-corrected chi connectivity index (χ2v) is 4.42. The number of aromatic nitrogens is 1. The second kappa shape index (κ2) is 6.23. The third-order valence-electron chi connectivity index (χ3n) is 2.17. The van der Waals surface area contributed by atoms with Gasteiger partial charge in [-0.1, -0.05) is 35.6 Å². The molecule has 0 amide bonds. The molecule has 0 aliphatic rings. The van der Waals surface area contributed by atoms with Gasteiger partial charge in [0.15, 0.2) is 0 Å². The van der Waals surface area contributed by atoms with E-state index >= 15 is 0 Å². The molecule has 0 bridgehead atoms. The number of aryl methyl sites for hydroxylation is 1. The van der Waals surface area contributed by atoms with E-state index in [1.54, 1.807) is 0 Å². The van der Waals surface area contributed by atoms with Gasteiger partial charge in [0, 0.05) is 11.3 Å². The Morgan fingerprint density at radius 3 is 2.44 bits per heavy atom. The quantitative estimate of drug-likeness (QED) is 0.863. The summed E-state index contributed by atoms with van der Waals surface area (Å²) in [4.78, 5) is 13.7. The molecule has 2 rings (SSSR count). The molecule has 1 heterocycles. The summed E-state index contributed by atoms with van der Waals surface area (Å²) in [5.41, 5.74) is 3.13. The molecule has 0 spiro atoms. The Morgan fingerprint density at radius 2 is 1.94 bits per heavy atom. The van der Waals surface area contributed by atoms with E-state index in [0.717, 1.165) is 17.7 Å². The molecule has 0 atom stereocenters. The molecular weight excluding hydrogens is 310 g/mol. The topological polar surface area (TPSA) is 32.9 Å². The maximum atomic E-state index is 11.0. The SMILES string of the molecule is Br.O=c1[nH]c(-c2ccc(CCCl)cc2)cs1. The van der Waals surface area contributed by atoms with Crippen LogP contribution in [0.2, 0.25) is 0 Å². The number of thiazole rings is 1. The van der Waals surface area contributed by atoms with Crippen molar-refractivity contribution < 1.29 is 0 Å². The Kier molecular flexibility index (Phi) is 5.25. The minimum Gasteiger partial charge on any atom is -0.312 e. The molecule has 1 aromatic carbocycles. The number of nitrogens with one attached hydrogen (secondary N) is 1. The molecule has 0 aliphatic carbocycles. The van der Waals surface area contributed by atoms with Crippen molar-refractivity contribution in [3.8, 4) is 11.3 Å². The van der Waals surface area contributed by atoms with Gasteiger partial charge < -0.3 is 4.98 Å². The van der Waals surface area contributed by atoms with Gasteiger partial charge in [-0.05, 0) is 17.5 Å². The molecule has 2 nitrogen and oxygen atoms in total. The van der Waals surface area contributed by atoms with E-state index in [4.69, 9.17) is 11.6 Å². The first-order valence-electron chi connectivity index (χ1n) is 4.62. The van der Waals surface area contributed by atoms with E-state index in [-0.39, 0.29) is 21.9 Å². The zero-order valence-corrected chi connectivity index (χ0v) is 11.7. The van der Waals surface area contributed by atoms with Crippen LogP contribution < -0.4 is 4.87 Å². The van der Waals surface area contributed by atoms with E-state index in [2.05, 4.69) is 4.98 Å². The normalized spacial score (nSPS) is 9.81. The summed E-state index contributed by atoms with van der Waals surface area (Å²) in [5.74, 6) is 0.634. The molecule has 0 radical (unpaired) electrons. The van der Waals surface area contributed by atoms with Crippen molar-refractivity contribution >= 4 is 39.9 Å². The highest BCUT2D eigenvalue weighted by atomic mass is 79.9. The first kappa shape index (κ1) is 13.5. The molecule has 2 aromatic rings. The molecule has 16 heavy (non-hydrogen) atoms. The third kappa shape index (κ3) is 3.20. The predicted molar refractivity (Wildman–Crippen MR) is 75.1 cm³/mol. The lowest BCUT2D eigenvalue weighted by atomic mass is 10.1. The summed E-state index contributed by atoms with van der Waals surface area (Å²) in [5, 5.41) is 1.83. The molecule has 86 valence electrons. The van der Waals surface area contributed by atoms with Gasteiger partial charge in [-0.3, -0.25) is 4.79 Å². The monoisotopic (exact) mass is 319 g/mol. The Balaban J connectivity index is 0.00000128. The van der Waals surface area contributed by atoms with E-state index in [1.807, 2.05) is 29.6 Å². The highest BCUT2D eigenvalue weighted by molar-refractivity contribution is 8.93. The fourth-order valence-corrected chi connectivity index (χ4v) is 2.19. The number of H-pyrrole nitrogens is 1. The van der Waals surface area contributed by atoms with Gasteiger partial charge in [0.05, 0.1) is 5.69 Å². The fraction of sp³-hybridized carbons (Fsp3) is 0.182. The molecule has 0 aliphatic heterocycles. The number of alkyl halides is 1. The van der Waals surface area contributed by atoms with Crippen molar-refractivity contribution in [2.24, 2.45) is 0 Å². The standard InChI is InChI=1S/C11H10ClNOS.BrH/c12-6-5-8-1-3-9(4-2-8)10-7-15-11(14)13-10;/h1-4,7H,5-6H2,(H,13,14);1H. The average molecular weight is 321 g/mol. The second-order valence-electron chi connectivity index (χ2n) is 3.20. The molecule has 5 heteroatoms. The smallest absolute Gasteiger partial charge is 0.304 e. The largest absolute Gasteiger partial charge is 0.312 e. The number of hydrogen-bond acceptors (Lipinski definition) is 2. The summed E-state index contributed by atoms with van der Waals surface area (Å²) in [7, 11) is 0. The van der Waals surface area contributed by atoms with Crippen LogP contribution in [0.15, 0.2) is 34.4 Å². The summed E-state index contributed by atoms with van der Waals surface area (Å²) in [6.45, 7) is 0. The van der Waals surface area contributed by atoms with Crippen molar-refractivity contribution in [2.45, 2.75) is 6.42 Å². The van der Waals surface area contributed by atoms with E-state index < -0.39 is 0 Å². The Bertz CT molecular complexity index is 491. The van der Waals surface area contributed by atoms with Crippen LogP contribution in [0.5, 0.6) is 0 Å². The molecule has 1 N–H and O–H groups in total. The minimum atomic E-state index is -0.0187. The van der Waals surface area contributed by atoms with E-state index in [0.29, 0.717) is 5.88 Å². The van der Waals surface area contributed by atoms with Crippen molar-refractivity contribution in [1.82, 2.24) is 4.98 Å². The number of halogens is 2. The first-order valence-corrected chi connectivity index (χ1v) is 6.04. The van der Waals surface area contributed by atoms with Gasteiger partial charge in [0.25, 0.3) is 0 Å². The van der Waals surface area contributed by atoms with E-state index in [1.165, 1.54) is 16.9 Å². The van der Waals surface area contributed by atoms with Gasteiger partial charge in [-0.15, -0.1) is 28.6 Å². The minimum absolute atomic E-state index is 0. The van der Waals surface area contributed by atoms with Crippen LogP contribution in [0.3, 0.4) is 0 Å². The Morgan fingerprint density at radius 1 is 1.25 bits per heavy atom. The zero-order valence-electron chi connectivity index (χ0n) is 8.40. The van der Waals surface area contributed by atoms with Crippen LogP contribution in [0, 0.1) is 0 Å². The number of aromatic amines is 1. The van der Waals surface area contributed by atoms with Crippen LogP contribution in [0.25, 0.3) is 11.3 Å². The van der Waals surface area contributed by atoms with Crippen LogP contribution in [-0.4, -0.2) is 10.9 Å². The lowest BCUT2D eigenvalue weighted by Crippen LogP contribution is -1.92. The molecule has 0 saturated carbocycles. The number of benzene rings is 1. The maximum absolute atomic E-state index is 11.0. The lowest BCUT2D eigenvalue weighted by Gasteiger charge is -2.00. The van der Waals surface area contributed by atoms with Crippen LogP contribution in [-0.2, 0) is 6.42 Å². The molecule has 0 unspecified atom stereocenters. The molecule has 0 saturated heterocycles. The lowest BCUT2D eigenvalue weighted by molar-refractivity contribution is 1.15. The number of rotatable bonds is 3. The van der Waals surface area contributed by atoms with Crippen LogP contribution >= 0.6 is 39.9 Å². The van der Waals surface area contributed by atoms with Gasteiger partial charge in [-0.2, -0.15) is 0 Å². The van der Waals surface area contributed by atoms with Crippen molar-refractivity contribution in [1.29, 1.82) is 0 Å². The van der Waals surface area contributed by atoms with Gasteiger partial charge in [-0.25, -0.2) is 0 Å². The first-order chi connectivity index (χ1) is 7.29. The summed E-state index contributed by atoms with van der Waals surface area (Å²) in [6, 6.07) is 8.07. The third-order valence-corrected chi connectivity index (χ3v) is 3.03. The van der Waals surface area contributed by atoms with E-state index in [9.17, 15) is 4.79 Å². The van der Waals surface area contributed by atoms with Gasteiger partial charge in [0.2, 0.25) is 0 Å². The zero-order chi connectivity index (χ0) is 10.7. The Hall–Kier alpha value is -0.580. The van der Waals surface area contributed by atoms with Crippen LogP contribution in [0.1, 0.15) is 5.56 Å². The highest BCUT2D eigenvalue weighted by Gasteiger charge is 2.00. The molecule has 1 aromatic heterocycles. The van der Waals surface area contributed by atoms with Gasteiger partial charge in [0.1, 0.15) is 0 Å². The maximum Gasteiger partial charge on any atom is 0.304 e. The summed E-state index contributed by atoms with van der Waals surface area (Å²) < 4.78 is 0.